The van der Waals surface area contributed by atoms with Gasteiger partial charge >= 0.3 is 0 Å². The fourth-order valence-corrected chi connectivity index (χ4v) is 7.61. The Morgan fingerprint density at radius 3 is 2.15 bits per heavy atom. The highest BCUT2D eigenvalue weighted by atomic mass is 28.4. The van der Waals surface area contributed by atoms with Gasteiger partial charge in [-0.2, -0.15) is 0 Å². The molecule has 6 heteroatoms. The summed E-state index contributed by atoms with van der Waals surface area (Å²) in [6.45, 7) is 26.2. The number of fused-ring (bicyclic) bond motifs is 2. The van der Waals surface area contributed by atoms with Crippen LogP contribution in [0.1, 0.15) is 67.7 Å². The lowest BCUT2D eigenvalue weighted by Crippen LogP contribution is -2.50. The SMILES string of the molecule is CC(C)(C)[Si](C)(C)OC[C@H]1O[C@@](C)(CO[Si](C)(C)C(C)(C)C)[C@H]2C1=C[C@@H]1CCC[C@@H]1[C@H]2C=O. The van der Waals surface area contributed by atoms with Crippen LogP contribution in [-0.4, -0.2) is 47.8 Å². The van der Waals surface area contributed by atoms with Gasteiger partial charge in [-0.25, -0.2) is 0 Å². The van der Waals surface area contributed by atoms with Gasteiger partial charge in [-0.3, -0.25) is 0 Å². The van der Waals surface area contributed by atoms with Crippen LogP contribution in [0.3, 0.4) is 0 Å². The van der Waals surface area contributed by atoms with E-state index in [0.29, 0.717) is 25.0 Å². The molecular formula is C27H50O4Si2. The molecule has 190 valence electrons. The van der Waals surface area contributed by atoms with Gasteiger partial charge in [0, 0.05) is 11.8 Å². The minimum absolute atomic E-state index is 0.0170. The van der Waals surface area contributed by atoms with Crippen LogP contribution in [0.5, 0.6) is 0 Å². The molecule has 3 rings (SSSR count). The van der Waals surface area contributed by atoms with Crippen molar-refractivity contribution in [2.45, 2.75) is 116 Å². The summed E-state index contributed by atoms with van der Waals surface area (Å²) in [5, 5.41) is 0.293. The Kier molecular flexibility index (Phi) is 7.44. The minimum Gasteiger partial charge on any atom is -0.414 e. The van der Waals surface area contributed by atoms with Crippen LogP contribution < -0.4 is 0 Å². The van der Waals surface area contributed by atoms with E-state index in [9.17, 15) is 4.79 Å². The van der Waals surface area contributed by atoms with E-state index in [1.54, 1.807) is 0 Å². The molecule has 0 bridgehead atoms. The number of hydrogen-bond acceptors (Lipinski definition) is 4. The first kappa shape index (κ1) is 27.3. The summed E-state index contributed by atoms with van der Waals surface area (Å²) in [7, 11) is -3.84. The zero-order chi connectivity index (χ0) is 25.0. The van der Waals surface area contributed by atoms with Crippen molar-refractivity contribution in [1.82, 2.24) is 0 Å². The van der Waals surface area contributed by atoms with Gasteiger partial charge in [0.1, 0.15) is 12.4 Å². The van der Waals surface area contributed by atoms with E-state index in [-0.39, 0.29) is 28.0 Å². The molecule has 1 heterocycles. The zero-order valence-corrected chi connectivity index (χ0v) is 25.2. The van der Waals surface area contributed by atoms with Gasteiger partial charge in [0.2, 0.25) is 0 Å². The van der Waals surface area contributed by atoms with Crippen LogP contribution in [0.2, 0.25) is 36.3 Å². The fraction of sp³-hybridized carbons (Fsp3) is 0.889. The molecule has 3 aliphatic rings. The van der Waals surface area contributed by atoms with Crippen LogP contribution in [0.15, 0.2) is 11.6 Å². The number of carbonyl (C=O) groups is 1. The molecule has 0 aromatic carbocycles. The van der Waals surface area contributed by atoms with Crippen molar-refractivity contribution in [3.8, 4) is 0 Å². The molecule has 4 nitrogen and oxygen atoms in total. The van der Waals surface area contributed by atoms with Crippen LogP contribution in [0.25, 0.3) is 0 Å². The van der Waals surface area contributed by atoms with E-state index in [4.69, 9.17) is 13.6 Å². The first-order valence-corrected chi connectivity index (χ1v) is 18.9. The van der Waals surface area contributed by atoms with Crippen LogP contribution >= 0.6 is 0 Å². The van der Waals surface area contributed by atoms with Gasteiger partial charge in [-0.1, -0.05) is 54.0 Å². The molecule has 1 saturated carbocycles. The largest absolute Gasteiger partial charge is 0.414 e. The predicted octanol–water partition coefficient (Wildman–Crippen LogP) is 6.98. The normalized spacial score (nSPS) is 35.2. The summed E-state index contributed by atoms with van der Waals surface area (Å²) in [5.74, 6) is 1.07. The number of allylic oxidation sites excluding steroid dienone is 1. The Balaban J connectivity index is 1.91. The smallest absolute Gasteiger partial charge is 0.192 e. The third-order valence-corrected chi connectivity index (χ3v) is 18.8. The van der Waals surface area contributed by atoms with Crippen molar-refractivity contribution < 1.29 is 18.4 Å². The second kappa shape index (κ2) is 8.99. The van der Waals surface area contributed by atoms with E-state index < -0.39 is 22.2 Å². The first-order chi connectivity index (χ1) is 14.9. The molecule has 0 unspecified atom stereocenters. The Morgan fingerprint density at radius 2 is 1.61 bits per heavy atom. The predicted molar refractivity (Wildman–Crippen MR) is 142 cm³/mol. The Hall–Kier alpha value is -0.276. The van der Waals surface area contributed by atoms with Crippen molar-refractivity contribution in [2.75, 3.05) is 13.2 Å². The second-order valence-corrected chi connectivity index (χ2v) is 23.8. The molecule has 0 spiro atoms. The summed E-state index contributed by atoms with van der Waals surface area (Å²) in [6, 6.07) is 0. The van der Waals surface area contributed by atoms with Crippen LogP contribution in [-0.2, 0) is 18.4 Å². The fourth-order valence-electron chi connectivity index (χ4n) is 5.53. The minimum atomic E-state index is -1.94. The average molecular weight is 495 g/mol. The van der Waals surface area contributed by atoms with Crippen molar-refractivity contribution >= 4 is 22.9 Å². The molecule has 0 aromatic rings. The lowest BCUT2D eigenvalue weighted by molar-refractivity contribution is -0.123. The summed E-state index contributed by atoms with van der Waals surface area (Å²) in [4.78, 5) is 12.5. The van der Waals surface area contributed by atoms with Gasteiger partial charge in [0.15, 0.2) is 16.6 Å². The highest BCUT2D eigenvalue weighted by molar-refractivity contribution is 6.74. The molecule has 33 heavy (non-hydrogen) atoms. The molecule has 1 saturated heterocycles. The molecule has 2 aliphatic carbocycles. The Morgan fingerprint density at radius 1 is 1.03 bits per heavy atom. The number of hydrogen-bond donors (Lipinski definition) is 0. The lowest BCUT2D eigenvalue weighted by atomic mass is 9.64. The lowest BCUT2D eigenvalue weighted by Gasteiger charge is -2.43. The first-order valence-electron chi connectivity index (χ1n) is 13.1. The summed E-state index contributed by atoms with van der Waals surface area (Å²) in [6.07, 6.45) is 7.21. The highest BCUT2D eigenvalue weighted by Gasteiger charge is 2.58. The Labute approximate surface area is 205 Å². The summed E-state index contributed by atoms with van der Waals surface area (Å²) < 4.78 is 20.3. The zero-order valence-electron chi connectivity index (χ0n) is 23.2. The van der Waals surface area contributed by atoms with E-state index in [1.807, 2.05) is 0 Å². The molecule has 2 fully saturated rings. The second-order valence-electron chi connectivity index (χ2n) is 14.2. The van der Waals surface area contributed by atoms with E-state index >= 15 is 0 Å². The van der Waals surface area contributed by atoms with Gasteiger partial charge < -0.3 is 18.4 Å². The summed E-state index contributed by atoms with van der Waals surface area (Å²) in [5.41, 5.74) is 0.817. The van der Waals surface area contributed by atoms with Crippen molar-refractivity contribution in [2.24, 2.45) is 23.7 Å². The number of rotatable bonds is 7. The molecule has 0 amide bonds. The van der Waals surface area contributed by atoms with Crippen molar-refractivity contribution in [1.29, 1.82) is 0 Å². The van der Waals surface area contributed by atoms with Gasteiger partial charge in [0.25, 0.3) is 0 Å². The summed E-state index contributed by atoms with van der Waals surface area (Å²) >= 11 is 0. The standard InChI is InChI=1S/C27H50O4Si2/c1-25(2,3)32(8,9)29-17-23-21-15-19-13-12-14-20(19)22(16-28)24(21)27(7,31-23)18-30-33(10,11)26(4,5)6/h15-16,19-20,22-24H,12-14,17-18H2,1-11H3/t19-,20-,22+,23+,24-,27-/m0/s1. The monoisotopic (exact) mass is 494 g/mol. The molecule has 0 radical (unpaired) electrons. The third kappa shape index (κ3) is 5.16. The van der Waals surface area contributed by atoms with E-state index in [1.165, 1.54) is 24.7 Å². The maximum atomic E-state index is 12.5. The molecule has 0 aromatic heterocycles. The molecule has 1 aliphatic heterocycles. The third-order valence-electron chi connectivity index (χ3n) is 9.80. The Bertz CT molecular complexity index is 761. The van der Waals surface area contributed by atoms with Gasteiger partial charge in [-0.05, 0) is 73.4 Å². The number of carbonyl (C=O) groups excluding carboxylic acids is 1. The van der Waals surface area contributed by atoms with Gasteiger partial charge in [-0.15, -0.1) is 0 Å². The topological polar surface area (TPSA) is 44.8 Å². The van der Waals surface area contributed by atoms with Crippen LogP contribution in [0, 0.1) is 23.7 Å². The maximum Gasteiger partial charge on any atom is 0.192 e. The van der Waals surface area contributed by atoms with Crippen molar-refractivity contribution in [3.63, 3.8) is 0 Å². The molecule has 6 atom stereocenters. The highest BCUT2D eigenvalue weighted by Crippen LogP contribution is 2.55. The van der Waals surface area contributed by atoms with Crippen LogP contribution in [0.4, 0.5) is 0 Å². The molecule has 0 N–H and O–H groups in total. The van der Waals surface area contributed by atoms with Crippen molar-refractivity contribution in [3.05, 3.63) is 11.6 Å². The van der Waals surface area contributed by atoms with E-state index in [2.05, 4.69) is 80.7 Å². The van der Waals surface area contributed by atoms with Gasteiger partial charge in [0.05, 0.1) is 18.8 Å². The van der Waals surface area contributed by atoms with E-state index in [0.717, 1.165) is 6.42 Å². The quantitative estimate of drug-likeness (QED) is 0.218. The number of aldehydes is 1. The molecular weight excluding hydrogens is 444 g/mol. The average Bonchev–Trinajstić information content (AvgIpc) is 3.25. The maximum absolute atomic E-state index is 12.5. The number of ether oxygens (including phenoxy) is 1.